The Kier molecular flexibility index (Phi) is 2.19. The van der Waals surface area contributed by atoms with Crippen molar-refractivity contribution in [1.29, 1.82) is 0 Å². The van der Waals surface area contributed by atoms with Gasteiger partial charge in [-0.1, -0.05) is 30.3 Å². The van der Waals surface area contributed by atoms with Gasteiger partial charge in [0.1, 0.15) is 5.82 Å². The Morgan fingerprint density at radius 1 is 1.00 bits per heavy atom. The second-order valence-corrected chi connectivity index (χ2v) is 3.11. The van der Waals surface area contributed by atoms with E-state index in [1.165, 1.54) is 6.07 Å². The van der Waals surface area contributed by atoms with Gasteiger partial charge in [0, 0.05) is 12.7 Å². The van der Waals surface area contributed by atoms with Gasteiger partial charge in [-0.15, -0.1) is 0 Å². The van der Waals surface area contributed by atoms with Crippen LogP contribution in [0.3, 0.4) is 0 Å². The van der Waals surface area contributed by atoms with Gasteiger partial charge in [-0.3, -0.25) is 0 Å². The van der Waals surface area contributed by atoms with E-state index in [9.17, 15) is 4.39 Å². The van der Waals surface area contributed by atoms with E-state index < -0.39 is 0 Å². The van der Waals surface area contributed by atoms with Gasteiger partial charge in [0.05, 0.1) is 0 Å². The first-order valence-corrected chi connectivity index (χ1v) is 4.38. The van der Waals surface area contributed by atoms with Crippen LogP contribution in [0.2, 0.25) is 0 Å². The van der Waals surface area contributed by atoms with Crippen molar-refractivity contribution >= 4 is 5.69 Å². The molecule has 0 saturated carbocycles. The summed E-state index contributed by atoms with van der Waals surface area (Å²) in [6.07, 6.45) is 0. The third-order valence-corrected chi connectivity index (χ3v) is 2.08. The molecular weight excluding hydrogens is 177 g/mol. The van der Waals surface area contributed by atoms with Crippen LogP contribution in [0.5, 0.6) is 0 Å². The summed E-state index contributed by atoms with van der Waals surface area (Å²) in [7, 11) is 0. The van der Waals surface area contributed by atoms with Crippen LogP contribution in [0.25, 0.3) is 11.1 Å². The lowest BCUT2D eigenvalue weighted by Crippen LogP contribution is -1.88. The molecule has 1 nitrogen and oxygen atoms in total. The second kappa shape index (κ2) is 3.50. The Bertz CT molecular complexity index is 443. The number of nitrogen functional groups attached to an aromatic ring is 1. The number of nitrogens with two attached hydrogens (primary N) is 1. The van der Waals surface area contributed by atoms with E-state index >= 15 is 0 Å². The molecule has 0 atom stereocenters. The van der Waals surface area contributed by atoms with Crippen LogP contribution in [-0.2, 0) is 0 Å². The van der Waals surface area contributed by atoms with E-state index in [0.29, 0.717) is 11.3 Å². The summed E-state index contributed by atoms with van der Waals surface area (Å²) in [6, 6.07) is 14.1. The van der Waals surface area contributed by atoms with E-state index in [2.05, 4.69) is 0 Å². The highest BCUT2D eigenvalue weighted by Gasteiger charge is 2.03. The topological polar surface area (TPSA) is 26.0 Å². The number of rotatable bonds is 1. The summed E-state index contributed by atoms with van der Waals surface area (Å²) in [4.78, 5) is 0. The predicted octanol–water partition coefficient (Wildman–Crippen LogP) is 3.32. The monoisotopic (exact) mass is 189 g/mol. The molecule has 0 aliphatic carbocycles. The molecule has 0 unspecified atom stereocenters. The standard InChI is InChI=1S/C12H10FN.H2/c13-12-8-10(14)6-7-11(12)9-4-2-1-3-5-9;/h1-8H,14H2;1H. The lowest BCUT2D eigenvalue weighted by atomic mass is 10.1. The van der Waals surface area contributed by atoms with Crippen LogP contribution in [0, 0.1) is 5.82 Å². The van der Waals surface area contributed by atoms with Crippen LogP contribution in [0.15, 0.2) is 48.5 Å². The summed E-state index contributed by atoms with van der Waals surface area (Å²) in [6.45, 7) is 0. The average Bonchev–Trinajstić information content (AvgIpc) is 2.19. The van der Waals surface area contributed by atoms with E-state index in [0.717, 1.165) is 5.56 Å². The van der Waals surface area contributed by atoms with Gasteiger partial charge in [-0.25, -0.2) is 4.39 Å². The SMILES string of the molecule is Nc1ccc(-c2ccccc2)c(F)c1.[HH]. The summed E-state index contributed by atoms with van der Waals surface area (Å²) < 4.78 is 13.5. The predicted molar refractivity (Wildman–Crippen MR) is 58.4 cm³/mol. The number of halogens is 1. The zero-order valence-corrected chi connectivity index (χ0v) is 7.57. The molecule has 0 heterocycles. The lowest BCUT2D eigenvalue weighted by Gasteiger charge is -2.03. The molecule has 0 aliphatic rings. The molecule has 14 heavy (non-hydrogen) atoms. The highest BCUT2D eigenvalue weighted by atomic mass is 19.1. The molecule has 2 N–H and O–H groups in total. The smallest absolute Gasteiger partial charge is 0.133 e. The molecule has 0 aliphatic heterocycles. The maximum absolute atomic E-state index is 13.5. The Labute approximate surface area is 83.5 Å². The molecule has 0 saturated heterocycles. The van der Waals surface area contributed by atoms with Crippen LogP contribution in [-0.4, -0.2) is 0 Å². The fraction of sp³-hybridized carbons (Fsp3) is 0. The normalized spacial score (nSPS) is 10.1. The molecular formula is C12H12FN. The van der Waals surface area contributed by atoms with Crippen molar-refractivity contribution in [2.75, 3.05) is 5.73 Å². The van der Waals surface area contributed by atoms with Crippen molar-refractivity contribution in [1.82, 2.24) is 0 Å². The fourth-order valence-corrected chi connectivity index (χ4v) is 1.38. The molecule has 2 rings (SSSR count). The summed E-state index contributed by atoms with van der Waals surface area (Å²) in [5, 5.41) is 0. The number of hydrogen-bond acceptors (Lipinski definition) is 1. The van der Waals surface area contributed by atoms with Crippen LogP contribution >= 0.6 is 0 Å². The minimum atomic E-state index is -0.281. The average molecular weight is 189 g/mol. The summed E-state index contributed by atoms with van der Waals surface area (Å²) in [5.41, 5.74) is 7.36. The van der Waals surface area contributed by atoms with E-state index in [1.54, 1.807) is 12.1 Å². The molecule has 0 bridgehead atoms. The van der Waals surface area contributed by atoms with Crippen LogP contribution < -0.4 is 5.73 Å². The molecule has 0 fully saturated rings. The van der Waals surface area contributed by atoms with Crippen molar-refractivity contribution in [3.8, 4) is 11.1 Å². The van der Waals surface area contributed by atoms with Crippen molar-refractivity contribution < 1.29 is 5.82 Å². The van der Waals surface area contributed by atoms with Gasteiger partial charge >= 0.3 is 0 Å². The Morgan fingerprint density at radius 3 is 2.36 bits per heavy atom. The van der Waals surface area contributed by atoms with E-state index in [1.807, 2.05) is 30.3 Å². The molecule has 0 amide bonds. The van der Waals surface area contributed by atoms with Gasteiger partial charge < -0.3 is 5.73 Å². The largest absolute Gasteiger partial charge is 0.399 e. The zero-order chi connectivity index (χ0) is 9.97. The quantitative estimate of drug-likeness (QED) is 0.684. The first-order valence-electron chi connectivity index (χ1n) is 4.38. The van der Waals surface area contributed by atoms with E-state index in [4.69, 9.17) is 5.73 Å². The van der Waals surface area contributed by atoms with Crippen LogP contribution in [0.1, 0.15) is 1.43 Å². The highest BCUT2D eigenvalue weighted by Crippen LogP contribution is 2.23. The molecule has 2 aromatic rings. The Morgan fingerprint density at radius 2 is 1.71 bits per heavy atom. The number of hydrogen-bond donors (Lipinski definition) is 1. The number of anilines is 1. The summed E-state index contributed by atoms with van der Waals surface area (Å²) >= 11 is 0. The summed E-state index contributed by atoms with van der Waals surface area (Å²) in [5.74, 6) is -0.281. The van der Waals surface area contributed by atoms with Gasteiger partial charge in [-0.05, 0) is 23.8 Å². The third kappa shape index (κ3) is 1.59. The third-order valence-electron chi connectivity index (χ3n) is 2.08. The van der Waals surface area contributed by atoms with Crippen molar-refractivity contribution in [2.24, 2.45) is 0 Å². The molecule has 0 spiro atoms. The Balaban J connectivity index is 0.00000112. The first kappa shape index (κ1) is 8.75. The Hall–Kier alpha value is -1.83. The number of benzene rings is 2. The maximum atomic E-state index is 13.5. The highest BCUT2D eigenvalue weighted by molar-refractivity contribution is 5.66. The zero-order valence-electron chi connectivity index (χ0n) is 7.57. The van der Waals surface area contributed by atoms with Crippen LogP contribution in [0.4, 0.5) is 10.1 Å². The van der Waals surface area contributed by atoms with Gasteiger partial charge in [-0.2, -0.15) is 0 Å². The minimum absolute atomic E-state index is 0. The van der Waals surface area contributed by atoms with Gasteiger partial charge in [0.2, 0.25) is 0 Å². The van der Waals surface area contributed by atoms with Crippen molar-refractivity contribution in [3.63, 3.8) is 0 Å². The second-order valence-electron chi connectivity index (χ2n) is 3.11. The van der Waals surface area contributed by atoms with Crippen molar-refractivity contribution in [3.05, 3.63) is 54.3 Å². The lowest BCUT2D eigenvalue weighted by molar-refractivity contribution is 0.632. The van der Waals surface area contributed by atoms with E-state index in [-0.39, 0.29) is 7.24 Å². The first-order chi connectivity index (χ1) is 6.77. The van der Waals surface area contributed by atoms with Gasteiger partial charge in [0.15, 0.2) is 0 Å². The fourth-order valence-electron chi connectivity index (χ4n) is 1.38. The molecule has 2 heteroatoms. The molecule has 72 valence electrons. The molecule has 2 aromatic carbocycles. The molecule has 0 aromatic heterocycles. The minimum Gasteiger partial charge on any atom is -0.399 e. The maximum Gasteiger partial charge on any atom is 0.133 e. The molecule has 0 radical (unpaired) electrons. The van der Waals surface area contributed by atoms with Crippen molar-refractivity contribution in [2.45, 2.75) is 0 Å². The van der Waals surface area contributed by atoms with Gasteiger partial charge in [0.25, 0.3) is 0 Å².